The maximum absolute atomic E-state index is 12.6. The van der Waals surface area contributed by atoms with Crippen molar-refractivity contribution in [1.82, 2.24) is 14.7 Å². The summed E-state index contributed by atoms with van der Waals surface area (Å²) >= 11 is 0. The molecule has 0 aromatic carbocycles. The minimum atomic E-state index is -0.438. The number of hydrogen-bond acceptors (Lipinski definition) is 4. The zero-order valence-electron chi connectivity index (χ0n) is 16.7. The summed E-state index contributed by atoms with van der Waals surface area (Å²) in [6.07, 6.45) is 6.53. The highest BCUT2D eigenvalue weighted by Crippen LogP contribution is 2.28. The number of amides is 2. The molecule has 0 radical (unpaired) electrons. The van der Waals surface area contributed by atoms with E-state index in [-0.39, 0.29) is 6.09 Å². The fourth-order valence-electron chi connectivity index (χ4n) is 4.48. The lowest BCUT2D eigenvalue weighted by Gasteiger charge is -2.43. The van der Waals surface area contributed by atoms with E-state index in [1.165, 1.54) is 12.8 Å². The van der Waals surface area contributed by atoms with E-state index >= 15 is 0 Å². The van der Waals surface area contributed by atoms with Gasteiger partial charge in [-0.2, -0.15) is 0 Å². The van der Waals surface area contributed by atoms with E-state index in [4.69, 9.17) is 4.74 Å². The maximum Gasteiger partial charge on any atom is 0.410 e. The highest BCUT2D eigenvalue weighted by Gasteiger charge is 2.33. The topological polar surface area (TPSA) is 53.1 Å². The summed E-state index contributed by atoms with van der Waals surface area (Å²) in [6, 6.07) is 0.545. The van der Waals surface area contributed by atoms with Crippen LogP contribution < -0.4 is 0 Å². The molecule has 1 saturated carbocycles. The Balaban J connectivity index is 1.41. The van der Waals surface area contributed by atoms with Crippen LogP contribution in [0, 0.1) is 5.92 Å². The minimum absolute atomic E-state index is 0.200. The second-order valence-corrected chi connectivity index (χ2v) is 9.04. The second-order valence-electron chi connectivity index (χ2n) is 9.04. The average molecular weight is 366 g/mol. The number of hydrogen-bond donors (Lipinski definition) is 0. The Morgan fingerprint density at radius 3 is 1.92 bits per heavy atom. The second kappa shape index (κ2) is 8.15. The van der Waals surface area contributed by atoms with Crippen LogP contribution in [0.5, 0.6) is 0 Å². The molecule has 3 aliphatic rings. The van der Waals surface area contributed by atoms with Crippen molar-refractivity contribution < 1.29 is 14.3 Å². The van der Waals surface area contributed by atoms with Crippen molar-refractivity contribution >= 4 is 12.0 Å². The Morgan fingerprint density at radius 2 is 1.38 bits per heavy atom. The molecule has 0 atom stereocenters. The minimum Gasteiger partial charge on any atom is -0.444 e. The first kappa shape index (κ1) is 19.5. The molecule has 3 fully saturated rings. The van der Waals surface area contributed by atoms with E-state index < -0.39 is 5.60 Å². The summed E-state index contributed by atoms with van der Waals surface area (Å²) in [5, 5.41) is 0. The molecule has 0 aromatic rings. The van der Waals surface area contributed by atoms with E-state index in [1.807, 2.05) is 25.7 Å². The number of nitrogens with zero attached hydrogens (tertiary/aromatic N) is 3. The summed E-state index contributed by atoms with van der Waals surface area (Å²) in [6.45, 7) is 10.8. The Kier molecular flexibility index (Phi) is 6.10. The van der Waals surface area contributed by atoms with Gasteiger partial charge >= 0.3 is 6.09 Å². The highest BCUT2D eigenvalue weighted by molar-refractivity contribution is 5.79. The molecule has 2 amide bonds. The number of ether oxygens (including phenoxy) is 1. The van der Waals surface area contributed by atoms with Crippen LogP contribution in [-0.2, 0) is 9.53 Å². The molecule has 26 heavy (non-hydrogen) atoms. The van der Waals surface area contributed by atoms with Crippen molar-refractivity contribution in [2.45, 2.75) is 70.9 Å². The first-order valence-corrected chi connectivity index (χ1v) is 10.3. The standard InChI is InChI=1S/C20H35N3O3/c1-20(2,3)26-19(25)23-14-12-21(13-15-23)17-8-10-22(11-9-17)18(24)16-6-4-5-7-16/h16-17H,4-15H2,1-3H3. The molecular formula is C20H35N3O3. The number of piperidine rings is 1. The first-order valence-electron chi connectivity index (χ1n) is 10.3. The zero-order chi connectivity index (χ0) is 18.7. The fourth-order valence-corrected chi connectivity index (χ4v) is 4.48. The van der Waals surface area contributed by atoms with Crippen LogP contribution in [0.15, 0.2) is 0 Å². The molecule has 3 rings (SSSR count). The Hall–Kier alpha value is -1.30. The van der Waals surface area contributed by atoms with Crippen LogP contribution in [-0.4, -0.2) is 77.6 Å². The van der Waals surface area contributed by atoms with Gasteiger partial charge in [0.1, 0.15) is 5.60 Å². The van der Waals surface area contributed by atoms with E-state index in [9.17, 15) is 9.59 Å². The van der Waals surface area contributed by atoms with Gasteiger partial charge in [0.2, 0.25) is 5.91 Å². The lowest BCUT2D eigenvalue weighted by Crippen LogP contribution is -2.55. The fraction of sp³-hybridized carbons (Fsp3) is 0.900. The van der Waals surface area contributed by atoms with Gasteiger partial charge in [0, 0.05) is 51.2 Å². The molecular weight excluding hydrogens is 330 g/mol. The molecule has 2 aliphatic heterocycles. The third kappa shape index (κ3) is 4.90. The maximum atomic E-state index is 12.6. The molecule has 0 spiro atoms. The molecule has 0 bridgehead atoms. The Labute approximate surface area is 157 Å². The average Bonchev–Trinajstić information content (AvgIpc) is 3.14. The smallest absolute Gasteiger partial charge is 0.410 e. The van der Waals surface area contributed by atoms with E-state index in [0.29, 0.717) is 17.9 Å². The molecule has 148 valence electrons. The normalized spacial score (nSPS) is 24.1. The predicted octanol–water partition coefficient (Wildman–Crippen LogP) is 2.72. The van der Waals surface area contributed by atoms with Gasteiger partial charge in [-0.05, 0) is 46.5 Å². The van der Waals surface area contributed by atoms with Gasteiger partial charge in [-0.1, -0.05) is 12.8 Å². The lowest BCUT2D eigenvalue weighted by atomic mass is 9.99. The van der Waals surface area contributed by atoms with Crippen LogP contribution in [0.4, 0.5) is 4.79 Å². The van der Waals surface area contributed by atoms with Gasteiger partial charge in [-0.15, -0.1) is 0 Å². The zero-order valence-corrected chi connectivity index (χ0v) is 16.7. The van der Waals surface area contributed by atoms with Crippen molar-refractivity contribution in [2.24, 2.45) is 5.92 Å². The summed E-state index contributed by atoms with van der Waals surface area (Å²) < 4.78 is 5.47. The predicted molar refractivity (Wildman–Crippen MR) is 101 cm³/mol. The monoisotopic (exact) mass is 365 g/mol. The summed E-state index contributed by atoms with van der Waals surface area (Å²) in [7, 11) is 0. The van der Waals surface area contributed by atoms with Gasteiger partial charge in [0.05, 0.1) is 0 Å². The SMILES string of the molecule is CC(C)(C)OC(=O)N1CCN(C2CCN(C(=O)C3CCCC3)CC2)CC1. The summed E-state index contributed by atoms with van der Waals surface area (Å²) in [4.78, 5) is 31.2. The van der Waals surface area contributed by atoms with Crippen molar-refractivity contribution in [1.29, 1.82) is 0 Å². The van der Waals surface area contributed by atoms with E-state index in [1.54, 1.807) is 0 Å². The molecule has 1 aliphatic carbocycles. The van der Waals surface area contributed by atoms with Gasteiger partial charge in [-0.3, -0.25) is 9.69 Å². The summed E-state index contributed by atoms with van der Waals surface area (Å²) in [5.41, 5.74) is -0.438. The van der Waals surface area contributed by atoms with Crippen LogP contribution in [0.1, 0.15) is 59.3 Å². The van der Waals surface area contributed by atoms with Crippen molar-refractivity contribution in [2.75, 3.05) is 39.3 Å². The summed E-state index contributed by atoms with van der Waals surface area (Å²) in [5.74, 6) is 0.694. The van der Waals surface area contributed by atoms with E-state index in [0.717, 1.165) is 65.0 Å². The quantitative estimate of drug-likeness (QED) is 0.755. The Morgan fingerprint density at radius 1 is 0.808 bits per heavy atom. The van der Waals surface area contributed by atoms with Crippen molar-refractivity contribution in [3.63, 3.8) is 0 Å². The van der Waals surface area contributed by atoms with Crippen LogP contribution in [0.2, 0.25) is 0 Å². The molecule has 0 N–H and O–H groups in total. The van der Waals surface area contributed by atoms with Crippen molar-refractivity contribution in [3.8, 4) is 0 Å². The molecule has 2 saturated heterocycles. The van der Waals surface area contributed by atoms with Crippen LogP contribution in [0.25, 0.3) is 0 Å². The number of carbonyl (C=O) groups is 2. The first-order chi connectivity index (χ1) is 12.3. The number of rotatable bonds is 2. The third-order valence-corrected chi connectivity index (χ3v) is 5.96. The molecule has 0 unspecified atom stereocenters. The third-order valence-electron chi connectivity index (χ3n) is 5.96. The van der Waals surface area contributed by atoms with Gasteiger partial charge in [0.25, 0.3) is 0 Å². The number of piperazine rings is 1. The molecule has 2 heterocycles. The van der Waals surface area contributed by atoms with Crippen molar-refractivity contribution in [3.05, 3.63) is 0 Å². The van der Waals surface area contributed by atoms with E-state index in [2.05, 4.69) is 9.80 Å². The molecule has 6 heteroatoms. The largest absolute Gasteiger partial charge is 0.444 e. The Bertz CT molecular complexity index is 495. The van der Waals surface area contributed by atoms with Gasteiger partial charge < -0.3 is 14.5 Å². The lowest BCUT2D eigenvalue weighted by molar-refractivity contribution is -0.137. The van der Waals surface area contributed by atoms with Gasteiger partial charge in [-0.25, -0.2) is 4.79 Å². The molecule has 0 aromatic heterocycles. The number of likely N-dealkylation sites (tertiary alicyclic amines) is 1. The van der Waals surface area contributed by atoms with Crippen LogP contribution >= 0.6 is 0 Å². The molecule has 6 nitrogen and oxygen atoms in total. The highest BCUT2D eigenvalue weighted by atomic mass is 16.6. The van der Waals surface area contributed by atoms with Crippen LogP contribution in [0.3, 0.4) is 0 Å². The van der Waals surface area contributed by atoms with Gasteiger partial charge in [0.15, 0.2) is 0 Å². The number of carbonyl (C=O) groups excluding carboxylic acids is 2.